The SMILES string of the molecule is CC(=O)c1cccc(NC(=O)[C@@H](C)OC(=O)CC2CCCC2)c1. The smallest absolute Gasteiger partial charge is 0.306 e. The molecule has 1 aliphatic rings. The highest BCUT2D eigenvalue weighted by Crippen LogP contribution is 2.27. The normalized spacial score (nSPS) is 15.9. The molecule has 1 N–H and O–H groups in total. The van der Waals surface area contributed by atoms with E-state index >= 15 is 0 Å². The van der Waals surface area contributed by atoms with Crippen LogP contribution in [-0.4, -0.2) is 23.8 Å². The van der Waals surface area contributed by atoms with Crippen molar-refractivity contribution in [3.8, 4) is 0 Å². The van der Waals surface area contributed by atoms with Gasteiger partial charge in [-0.2, -0.15) is 0 Å². The minimum atomic E-state index is -0.857. The van der Waals surface area contributed by atoms with E-state index in [1.165, 1.54) is 19.8 Å². The number of benzene rings is 1. The Balaban J connectivity index is 1.85. The Morgan fingerprint density at radius 3 is 2.61 bits per heavy atom. The molecule has 0 radical (unpaired) electrons. The summed E-state index contributed by atoms with van der Waals surface area (Å²) in [4.78, 5) is 35.3. The van der Waals surface area contributed by atoms with Crippen LogP contribution in [0.5, 0.6) is 0 Å². The summed E-state index contributed by atoms with van der Waals surface area (Å²) < 4.78 is 5.21. The molecule has 0 bridgehead atoms. The molecule has 0 spiro atoms. The van der Waals surface area contributed by atoms with Gasteiger partial charge in [-0.15, -0.1) is 0 Å². The van der Waals surface area contributed by atoms with Gasteiger partial charge >= 0.3 is 5.97 Å². The van der Waals surface area contributed by atoms with Gasteiger partial charge in [-0.1, -0.05) is 25.0 Å². The monoisotopic (exact) mass is 317 g/mol. The highest BCUT2D eigenvalue weighted by atomic mass is 16.5. The first-order chi connectivity index (χ1) is 11.0. The number of carbonyl (C=O) groups is 3. The van der Waals surface area contributed by atoms with E-state index in [0.717, 1.165) is 12.8 Å². The number of hydrogen-bond acceptors (Lipinski definition) is 4. The second kappa shape index (κ2) is 7.90. The predicted molar refractivity (Wildman–Crippen MR) is 87.2 cm³/mol. The number of esters is 1. The lowest BCUT2D eigenvalue weighted by Crippen LogP contribution is -2.30. The van der Waals surface area contributed by atoms with Crippen molar-refractivity contribution in [1.82, 2.24) is 0 Å². The molecule has 1 saturated carbocycles. The van der Waals surface area contributed by atoms with Gasteiger partial charge in [0, 0.05) is 17.7 Å². The highest BCUT2D eigenvalue weighted by Gasteiger charge is 2.23. The number of amides is 1. The Kier molecular flexibility index (Phi) is 5.90. The first kappa shape index (κ1) is 17.2. The van der Waals surface area contributed by atoms with Gasteiger partial charge in [0.15, 0.2) is 11.9 Å². The van der Waals surface area contributed by atoms with Gasteiger partial charge in [0.1, 0.15) is 0 Å². The van der Waals surface area contributed by atoms with Crippen molar-refractivity contribution >= 4 is 23.3 Å². The molecule has 23 heavy (non-hydrogen) atoms. The zero-order valence-corrected chi connectivity index (χ0v) is 13.6. The fourth-order valence-electron chi connectivity index (χ4n) is 2.81. The third-order valence-corrected chi connectivity index (χ3v) is 4.14. The quantitative estimate of drug-likeness (QED) is 0.645. The first-order valence-corrected chi connectivity index (χ1v) is 8.07. The maximum absolute atomic E-state index is 12.1. The third-order valence-electron chi connectivity index (χ3n) is 4.14. The van der Waals surface area contributed by atoms with E-state index in [4.69, 9.17) is 4.74 Å². The number of rotatable bonds is 6. The van der Waals surface area contributed by atoms with E-state index in [-0.39, 0.29) is 11.8 Å². The van der Waals surface area contributed by atoms with Crippen LogP contribution in [0, 0.1) is 5.92 Å². The molecule has 5 heteroatoms. The molecule has 1 amide bonds. The average Bonchev–Trinajstić information content (AvgIpc) is 3.00. The summed E-state index contributed by atoms with van der Waals surface area (Å²) in [7, 11) is 0. The number of ketones is 1. The fraction of sp³-hybridized carbons (Fsp3) is 0.500. The van der Waals surface area contributed by atoms with Crippen molar-refractivity contribution in [2.24, 2.45) is 5.92 Å². The molecule has 1 aromatic carbocycles. The van der Waals surface area contributed by atoms with Gasteiger partial charge in [-0.25, -0.2) is 0 Å². The van der Waals surface area contributed by atoms with E-state index in [9.17, 15) is 14.4 Å². The molecule has 0 aromatic heterocycles. The Morgan fingerprint density at radius 1 is 1.26 bits per heavy atom. The lowest BCUT2D eigenvalue weighted by atomic mass is 10.0. The fourth-order valence-corrected chi connectivity index (χ4v) is 2.81. The number of hydrogen-bond donors (Lipinski definition) is 1. The lowest BCUT2D eigenvalue weighted by molar-refractivity contribution is -0.154. The number of carbonyl (C=O) groups excluding carboxylic acids is 3. The maximum atomic E-state index is 12.1. The van der Waals surface area contributed by atoms with Gasteiger partial charge in [0.2, 0.25) is 0 Å². The van der Waals surface area contributed by atoms with E-state index in [2.05, 4.69) is 5.32 Å². The van der Waals surface area contributed by atoms with Gasteiger partial charge in [-0.05, 0) is 44.7 Å². The topological polar surface area (TPSA) is 72.5 Å². The van der Waals surface area contributed by atoms with Crippen molar-refractivity contribution in [1.29, 1.82) is 0 Å². The summed E-state index contributed by atoms with van der Waals surface area (Å²) >= 11 is 0. The largest absolute Gasteiger partial charge is 0.453 e. The van der Waals surface area contributed by atoms with Crippen LogP contribution in [0.2, 0.25) is 0 Å². The molecule has 0 aliphatic heterocycles. The summed E-state index contributed by atoms with van der Waals surface area (Å²) in [5, 5.41) is 2.67. The van der Waals surface area contributed by atoms with E-state index in [0.29, 0.717) is 23.6 Å². The molecule has 1 atom stereocenters. The number of Topliss-reactive ketones (excluding diaryl/α,β-unsaturated/α-hetero) is 1. The Morgan fingerprint density at radius 2 is 1.96 bits per heavy atom. The number of anilines is 1. The number of nitrogens with one attached hydrogen (secondary N) is 1. The zero-order valence-electron chi connectivity index (χ0n) is 13.6. The van der Waals surface area contributed by atoms with E-state index in [1.807, 2.05) is 0 Å². The lowest BCUT2D eigenvalue weighted by Gasteiger charge is -2.15. The van der Waals surface area contributed by atoms with Crippen LogP contribution < -0.4 is 5.32 Å². The molecule has 1 fully saturated rings. The highest BCUT2D eigenvalue weighted by molar-refractivity contribution is 5.98. The predicted octanol–water partition coefficient (Wildman–Crippen LogP) is 3.34. The second-order valence-electron chi connectivity index (χ2n) is 6.11. The molecule has 5 nitrogen and oxygen atoms in total. The van der Waals surface area contributed by atoms with E-state index < -0.39 is 12.0 Å². The average molecular weight is 317 g/mol. The summed E-state index contributed by atoms with van der Waals surface area (Å²) in [5.74, 6) is -0.398. The van der Waals surface area contributed by atoms with Crippen LogP contribution in [0.15, 0.2) is 24.3 Å². The summed E-state index contributed by atoms with van der Waals surface area (Å²) in [5.41, 5.74) is 1.04. The minimum Gasteiger partial charge on any atom is -0.453 e. The Labute approximate surface area is 136 Å². The standard InChI is InChI=1S/C18H23NO4/c1-12(20)15-8-5-9-16(11-15)19-18(22)13(2)23-17(21)10-14-6-3-4-7-14/h5,8-9,11,13-14H,3-4,6-7,10H2,1-2H3,(H,19,22)/t13-/m1/s1. The molecule has 0 saturated heterocycles. The van der Waals surface area contributed by atoms with Crippen LogP contribution >= 0.6 is 0 Å². The van der Waals surface area contributed by atoms with E-state index in [1.54, 1.807) is 31.2 Å². The van der Waals surface area contributed by atoms with Crippen LogP contribution in [0.3, 0.4) is 0 Å². The maximum Gasteiger partial charge on any atom is 0.306 e. The van der Waals surface area contributed by atoms with Crippen LogP contribution in [0.1, 0.15) is 56.3 Å². The van der Waals surface area contributed by atoms with Crippen molar-refractivity contribution in [2.75, 3.05) is 5.32 Å². The molecule has 0 unspecified atom stereocenters. The molecule has 0 heterocycles. The molecule has 2 rings (SSSR count). The Bertz CT molecular complexity index is 590. The summed E-state index contributed by atoms with van der Waals surface area (Å²) in [6.07, 6.45) is 3.99. The number of ether oxygens (including phenoxy) is 1. The molecular weight excluding hydrogens is 294 g/mol. The van der Waals surface area contributed by atoms with Gasteiger partial charge < -0.3 is 10.1 Å². The van der Waals surface area contributed by atoms with Gasteiger partial charge in [0.05, 0.1) is 0 Å². The van der Waals surface area contributed by atoms with Crippen LogP contribution in [0.25, 0.3) is 0 Å². The van der Waals surface area contributed by atoms with Crippen molar-refractivity contribution in [3.05, 3.63) is 29.8 Å². The minimum absolute atomic E-state index is 0.0721. The molecule has 124 valence electrons. The second-order valence-corrected chi connectivity index (χ2v) is 6.11. The summed E-state index contributed by atoms with van der Waals surface area (Å²) in [6.45, 7) is 3.02. The molecule has 1 aliphatic carbocycles. The molecular formula is C18H23NO4. The van der Waals surface area contributed by atoms with Gasteiger partial charge in [-0.3, -0.25) is 14.4 Å². The van der Waals surface area contributed by atoms with Gasteiger partial charge in [0.25, 0.3) is 5.91 Å². The van der Waals surface area contributed by atoms with Crippen molar-refractivity contribution < 1.29 is 19.1 Å². The van der Waals surface area contributed by atoms with Crippen LogP contribution in [-0.2, 0) is 14.3 Å². The van der Waals surface area contributed by atoms with Crippen LogP contribution in [0.4, 0.5) is 5.69 Å². The third kappa shape index (κ3) is 5.20. The van der Waals surface area contributed by atoms with Crippen molar-refractivity contribution in [2.45, 2.75) is 52.1 Å². The zero-order chi connectivity index (χ0) is 16.8. The Hall–Kier alpha value is -2.17. The molecule has 1 aromatic rings. The first-order valence-electron chi connectivity index (χ1n) is 8.07. The van der Waals surface area contributed by atoms with Crippen molar-refractivity contribution in [3.63, 3.8) is 0 Å². The summed E-state index contributed by atoms with van der Waals surface area (Å²) in [6, 6.07) is 6.68.